The predicted molar refractivity (Wildman–Crippen MR) is 126 cm³/mol. The van der Waals surface area contributed by atoms with Gasteiger partial charge in [0.1, 0.15) is 5.82 Å². The molecule has 32 heavy (non-hydrogen) atoms. The fourth-order valence-corrected chi connectivity index (χ4v) is 5.20. The molecule has 174 valence electrons. The minimum atomic E-state index is -3.81. The Hall–Kier alpha value is -1.79. The number of aromatic nitrogens is 2. The molecule has 11 heteroatoms. The van der Waals surface area contributed by atoms with Crippen molar-refractivity contribution in [2.24, 2.45) is 5.14 Å². The van der Waals surface area contributed by atoms with E-state index in [0.29, 0.717) is 27.7 Å². The van der Waals surface area contributed by atoms with Crippen molar-refractivity contribution < 1.29 is 18.3 Å². The predicted octanol–water partition coefficient (Wildman–Crippen LogP) is 3.19. The highest BCUT2D eigenvalue weighted by Gasteiger charge is 2.36. The van der Waals surface area contributed by atoms with Crippen LogP contribution in [0.1, 0.15) is 55.6 Å². The lowest BCUT2D eigenvalue weighted by atomic mass is 10.0. The second-order valence-corrected chi connectivity index (χ2v) is 10.9. The van der Waals surface area contributed by atoms with Crippen LogP contribution >= 0.6 is 15.9 Å². The average Bonchev–Trinajstić information content (AvgIpc) is 3.62. The summed E-state index contributed by atoms with van der Waals surface area (Å²) >= 11 is 3.44. The number of hydrogen-bond acceptors (Lipinski definition) is 8. The first-order valence-electron chi connectivity index (χ1n) is 10.6. The monoisotopic (exact) mass is 525 g/mol. The van der Waals surface area contributed by atoms with Crippen LogP contribution in [0.2, 0.25) is 0 Å². The van der Waals surface area contributed by atoms with Gasteiger partial charge >= 0.3 is 0 Å². The summed E-state index contributed by atoms with van der Waals surface area (Å²) in [6.45, 7) is 1.98. The third-order valence-corrected chi connectivity index (χ3v) is 7.34. The number of nitrogens with one attached hydrogen (secondary N) is 2. The molecule has 0 aliphatic heterocycles. The SMILES string of the molecule is COC[C@@H](Nc1nc(Nc2cc(C3CC3)c(S(N)(=O)=O)c(C3CC3)c2)ncc1Br)[C@@H](C)O. The summed E-state index contributed by atoms with van der Waals surface area (Å²) in [7, 11) is -2.25. The zero-order valence-electron chi connectivity index (χ0n) is 18.0. The van der Waals surface area contributed by atoms with Crippen molar-refractivity contribution in [2.75, 3.05) is 24.4 Å². The van der Waals surface area contributed by atoms with E-state index in [1.54, 1.807) is 20.2 Å². The number of nitrogens with zero attached hydrogens (tertiary/aromatic N) is 2. The lowest BCUT2D eigenvalue weighted by Crippen LogP contribution is -2.36. The highest BCUT2D eigenvalue weighted by atomic mass is 79.9. The van der Waals surface area contributed by atoms with Gasteiger partial charge in [-0.25, -0.2) is 18.5 Å². The second-order valence-electron chi connectivity index (χ2n) is 8.54. The third-order valence-electron chi connectivity index (χ3n) is 5.72. The molecule has 0 amide bonds. The molecular weight excluding hydrogens is 498 g/mol. The van der Waals surface area contributed by atoms with Crippen molar-refractivity contribution in [3.8, 4) is 0 Å². The second kappa shape index (κ2) is 9.22. The Morgan fingerprint density at radius 3 is 2.31 bits per heavy atom. The molecule has 0 bridgehead atoms. The summed E-state index contributed by atoms with van der Waals surface area (Å²) < 4.78 is 30.6. The molecule has 0 saturated heterocycles. The molecule has 2 aliphatic rings. The van der Waals surface area contributed by atoms with Crippen LogP contribution in [0, 0.1) is 0 Å². The minimum absolute atomic E-state index is 0.214. The number of methoxy groups -OCH3 is 1. The van der Waals surface area contributed by atoms with E-state index in [1.807, 2.05) is 12.1 Å². The first-order valence-corrected chi connectivity index (χ1v) is 12.9. The first kappa shape index (κ1) is 23.4. The molecule has 2 saturated carbocycles. The summed E-state index contributed by atoms with van der Waals surface area (Å²) in [4.78, 5) is 9.17. The largest absolute Gasteiger partial charge is 0.391 e. The van der Waals surface area contributed by atoms with E-state index in [9.17, 15) is 13.5 Å². The van der Waals surface area contributed by atoms with E-state index >= 15 is 0 Å². The fraction of sp³-hybridized carbons (Fsp3) is 0.524. The van der Waals surface area contributed by atoms with Crippen molar-refractivity contribution in [1.29, 1.82) is 0 Å². The lowest BCUT2D eigenvalue weighted by molar-refractivity contribution is 0.106. The number of hydrogen-bond donors (Lipinski definition) is 4. The molecule has 9 nitrogen and oxygen atoms in total. The van der Waals surface area contributed by atoms with E-state index in [-0.39, 0.29) is 17.9 Å². The number of aliphatic hydroxyl groups is 1. The Bertz CT molecular complexity index is 1070. The number of primary sulfonamides is 1. The summed E-state index contributed by atoms with van der Waals surface area (Å²) in [5.41, 5.74) is 2.30. The van der Waals surface area contributed by atoms with Gasteiger partial charge in [-0.05, 0) is 83.6 Å². The summed E-state index contributed by atoms with van der Waals surface area (Å²) in [6.07, 6.45) is 4.80. The summed E-state index contributed by atoms with van der Waals surface area (Å²) in [5, 5.41) is 22.0. The van der Waals surface area contributed by atoms with Crippen molar-refractivity contribution in [1.82, 2.24) is 9.97 Å². The first-order chi connectivity index (χ1) is 15.2. The highest BCUT2D eigenvalue weighted by Crippen LogP contribution is 2.50. The zero-order valence-corrected chi connectivity index (χ0v) is 20.4. The average molecular weight is 526 g/mol. The molecule has 1 aromatic carbocycles. The van der Waals surface area contributed by atoms with Gasteiger partial charge in [0, 0.05) is 19.0 Å². The molecule has 1 heterocycles. The number of benzene rings is 1. The van der Waals surface area contributed by atoms with Gasteiger partial charge in [-0.2, -0.15) is 4.98 Å². The van der Waals surface area contributed by atoms with Crippen LogP contribution in [0.25, 0.3) is 0 Å². The van der Waals surface area contributed by atoms with Gasteiger partial charge in [-0.3, -0.25) is 0 Å². The minimum Gasteiger partial charge on any atom is -0.391 e. The normalized spacial score (nSPS) is 18.3. The van der Waals surface area contributed by atoms with Crippen LogP contribution in [0.3, 0.4) is 0 Å². The van der Waals surface area contributed by atoms with Crippen LogP contribution in [0.4, 0.5) is 17.5 Å². The summed E-state index contributed by atoms with van der Waals surface area (Å²) in [5.74, 6) is 1.29. The van der Waals surface area contributed by atoms with E-state index in [1.165, 1.54) is 0 Å². The molecule has 2 atom stereocenters. The fourth-order valence-electron chi connectivity index (χ4n) is 3.78. The zero-order chi connectivity index (χ0) is 23.0. The summed E-state index contributed by atoms with van der Waals surface area (Å²) in [6, 6.07) is 3.35. The number of sulfonamides is 1. The number of aliphatic hydroxyl groups excluding tert-OH is 1. The van der Waals surface area contributed by atoms with Crippen LogP contribution in [0.5, 0.6) is 0 Å². The number of anilines is 3. The topological polar surface area (TPSA) is 139 Å². The van der Waals surface area contributed by atoms with Crippen LogP contribution in [-0.2, 0) is 14.8 Å². The number of rotatable bonds is 10. The van der Waals surface area contributed by atoms with E-state index < -0.39 is 16.1 Å². The van der Waals surface area contributed by atoms with Gasteiger partial charge in [0.2, 0.25) is 16.0 Å². The standard InChI is InChI=1S/C21H28BrN5O4S/c1-11(28)18(10-31-2)26-20-17(22)9-24-21(27-20)25-14-7-15(12-3-4-12)19(32(23,29)30)16(8-14)13-5-6-13/h7-9,11-13,18,28H,3-6,10H2,1-2H3,(H2,23,29,30)(H2,24,25,26,27)/t11-,18-/m1/s1. The highest BCUT2D eigenvalue weighted by molar-refractivity contribution is 9.10. The van der Waals surface area contributed by atoms with Crippen molar-refractivity contribution >= 4 is 43.4 Å². The van der Waals surface area contributed by atoms with E-state index in [4.69, 9.17) is 9.88 Å². The number of halogens is 1. The Kier molecular flexibility index (Phi) is 6.73. The van der Waals surface area contributed by atoms with Crippen LogP contribution < -0.4 is 15.8 Å². The third kappa shape index (κ3) is 5.40. The Labute approximate surface area is 196 Å². The van der Waals surface area contributed by atoms with Gasteiger partial charge < -0.3 is 20.5 Å². The van der Waals surface area contributed by atoms with Gasteiger partial charge in [0.15, 0.2) is 0 Å². The van der Waals surface area contributed by atoms with Crippen LogP contribution in [0.15, 0.2) is 27.7 Å². The molecule has 2 aromatic rings. The smallest absolute Gasteiger partial charge is 0.238 e. The molecule has 5 N–H and O–H groups in total. The quantitative estimate of drug-likeness (QED) is 0.370. The Morgan fingerprint density at radius 2 is 1.84 bits per heavy atom. The molecule has 2 aliphatic carbocycles. The van der Waals surface area contributed by atoms with Crippen molar-refractivity contribution in [3.05, 3.63) is 33.9 Å². The maximum absolute atomic E-state index is 12.4. The molecule has 0 unspecified atom stereocenters. The number of ether oxygens (including phenoxy) is 1. The molecule has 2 fully saturated rings. The van der Waals surface area contributed by atoms with Crippen LogP contribution in [-0.4, -0.2) is 49.4 Å². The molecule has 0 radical (unpaired) electrons. The molecule has 0 spiro atoms. The Morgan fingerprint density at radius 1 is 1.25 bits per heavy atom. The van der Waals surface area contributed by atoms with E-state index in [2.05, 4.69) is 36.5 Å². The van der Waals surface area contributed by atoms with Gasteiger partial charge in [-0.15, -0.1) is 0 Å². The maximum Gasteiger partial charge on any atom is 0.238 e. The Balaban J connectivity index is 1.66. The number of nitrogens with two attached hydrogens (primary N) is 1. The van der Waals surface area contributed by atoms with E-state index in [0.717, 1.165) is 42.5 Å². The lowest BCUT2D eigenvalue weighted by Gasteiger charge is -2.22. The van der Waals surface area contributed by atoms with Crippen molar-refractivity contribution in [2.45, 2.75) is 61.5 Å². The van der Waals surface area contributed by atoms with Gasteiger partial charge in [0.25, 0.3) is 0 Å². The van der Waals surface area contributed by atoms with Gasteiger partial charge in [0.05, 0.1) is 28.1 Å². The van der Waals surface area contributed by atoms with Gasteiger partial charge in [-0.1, -0.05) is 0 Å². The molecule has 1 aromatic heterocycles. The maximum atomic E-state index is 12.4. The van der Waals surface area contributed by atoms with Crippen molar-refractivity contribution in [3.63, 3.8) is 0 Å². The molecular formula is C21H28BrN5O4S. The molecule has 4 rings (SSSR count).